The van der Waals surface area contributed by atoms with Crippen LogP contribution in [-0.4, -0.2) is 37.0 Å². The molecule has 0 amide bonds. The number of esters is 1. The molecule has 1 N–H and O–H groups in total. The summed E-state index contributed by atoms with van der Waals surface area (Å²) in [5.74, 6) is 0.179. The number of fused-ring (bicyclic) bond motifs is 1. The maximum absolute atomic E-state index is 12.7. The highest BCUT2D eigenvalue weighted by Crippen LogP contribution is 2.54. The highest BCUT2D eigenvalue weighted by atomic mass is 31.2. The van der Waals surface area contributed by atoms with Crippen LogP contribution in [0.25, 0.3) is 0 Å². The van der Waals surface area contributed by atoms with E-state index in [0.717, 1.165) is 38.5 Å². The largest absolute Gasteiger partial charge is 0.529 e. The molecule has 7 nitrogen and oxygen atoms in total. The van der Waals surface area contributed by atoms with Gasteiger partial charge in [-0.1, -0.05) is 65.2 Å². The summed E-state index contributed by atoms with van der Waals surface area (Å²) < 4.78 is 33.9. The van der Waals surface area contributed by atoms with Crippen molar-refractivity contribution in [3.05, 3.63) is 11.3 Å². The first-order valence-electron chi connectivity index (χ1n) is 12.0. The van der Waals surface area contributed by atoms with Crippen LogP contribution in [-0.2, 0) is 27.7 Å². The molecule has 0 aromatic heterocycles. The van der Waals surface area contributed by atoms with Crippen LogP contribution in [0.4, 0.5) is 0 Å². The molecule has 0 bridgehead atoms. The van der Waals surface area contributed by atoms with Gasteiger partial charge < -0.3 is 14.4 Å². The zero-order valence-corrected chi connectivity index (χ0v) is 20.4. The molecule has 2 rings (SSSR count). The molecule has 0 radical (unpaired) electrons. The van der Waals surface area contributed by atoms with Gasteiger partial charge >= 0.3 is 13.8 Å². The lowest BCUT2D eigenvalue weighted by atomic mass is 10.00. The number of aliphatic hydroxyl groups is 1. The Kier molecular flexibility index (Phi) is 11.6. The summed E-state index contributed by atoms with van der Waals surface area (Å²) in [6, 6.07) is 0. The fraction of sp³-hybridized carbons (Fsp3) is 0.870. The monoisotopic (exact) mass is 460 g/mol. The molecule has 1 fully saturated rings. The quantitative estimate of drug-likeness (QED) is 0.184. The molecule has 2 aliphatic heterocycles. The van der Waals surface area contributed by atoms with Gasteiger partial charge in [0.25, 0.3) is 0 Å². The van der Waals surface area contributed by atoms with Gasteiger partial charge in [-0.05, 0) is 32.1 Å². The zero-order valence-electron chi connectivity index (χ0n) is 19.5. The first kappa shape index (κ1) is 26.4. The van der Waals surface area contributed by atoms with E-state index in [0.29, 0.717) is 18.1 Å². The van der Waals surface area contributed by atoms with Gasteiger partial charge in [0.15, 0.2) is 0 Å². The lowest BCUT2D eigenvalue weighted by Gasteiger charge is -2.17. The van der Waals surface area contributed by atoms with Gasteiger partial charge in [0.1, 0.15) is 12.4 Å². The van der Waals surface area contributed by atoms with E-state index in [9.17, 15) is 14.5 Å². The molecular formula is C23H41O7P. The molecule has 0 aromatic carbocycles. The van der Waals surface area contributed by atoms with Gasteiger partial charge in [-0.3, -0.25) is 9.05 Å². The molecule has 180 valence electrons. The van der Waals surface area contributed by atoms with Crippen LogP contribution in [0, 0.1) is 11.8 Å². The molecule has 0 aliphatic carbocycles. The fourth-order valence-electron chi connectivity index (χ4n) is 4.11. The van der Waals surface area contributed by atoms with Gasteiger partial charge in [-0.2, -0.15) is 0 Å². The highest BCUT2D eigenvalue weighted by Gasteiger charge is 2.42. The number of hydrogen-bond donors (Lipinski definition) is 1. The summed E-state index contributed by atoms with van der Waals surface area (Å²) in [7, 11) is -3.67. The zero-order chi connectivity index (χ0) is 22.7. The number of hydrogen-bond acceptors (Lipinski definition) is 7. The van der Waals surface area contributed by atoms with Gasteiger partial charge in [-0.25, -0.2) is 9.36 Å². The van der Waals surface area contributed by atoms with Crippen LogP contribution in [0.2, 0.25) is 0 Å². The van der Waals surface area contributed by atoms with Crippen LogP contribution >= 0.6 is 7.82 Å². The maximum atomic E-state index is 12.7. The summed E-state index contributed by atoms with van der Waals surface area (Å²) in [5, 5.41) is 9.87. The summed E-state index contributed by atoms with van der Waals surface area (Å²) >= 11 is 0. The smallest absolute Gasteiger partial charge is 0.461 e. The summed E-state index contributed by atoms with van der Waals surface area (Å²) in [6.07, 6.45) is 11.8. The number of carbonyl (C=O) groups is 1. The van der Waals surface area contributed by atoms with Crippen molar-refractivity contribution in [2.75, 3.05) is 19.8 Å². The molecule has 0 saturated carbocycles. The molecule has 3 atom stereocenters. The molecular weight excluding hydrogens is 419 g/mol. The minimum Gasteiger partial charge on any atom is -0.461 e. The van der Waals surface area contributed by atoms with E-state index in [1.54, 1.807) is 6.92 Å². The Hall–Kier alpha value is -0.880. The summed E-state index contributed by atoms with van der Waals surface area (Å²) in [6.45, 7) is 6.55. The van der Waals surface area contributed by atoms with E-state index in [2.05, 4.69) is 13.8 Å². The lowest BCUT2D eigenvalue weighted by Crippen LogP contribution is -2.10. The average molecular weight is 461 g/mol. The Morgan fingerprint density at radius 1 is 1.03 bits per heavy atom. The van der Waals surface area contributed by atoms with E-state index in [1.165, 1.54) is 32.1 Å². The van der Waals surface area contributed by atoms with Crippen molar-refractivity contribution < 1.29 is 32.8 Å². The van der Waals surface area contributed by atoms with Crippen molar-refractivity contribution in [3.63, 3.8) is 0 Å². The Labute approximate surface area is 187 Å². The number of carbonyl (C=O) groups excluding carboxylic acids is 1. The molecule has 1 saturated heterocycles. The second-order valence-corrected chi connectivity index (χ2v) is 10.8. The van der Waals surface area contributed by atoms with Crippen molar-refractivity contribution in [2.45, 2.75) is 97.5 Å². The molecule has 2 heterocycles. The number of cyclic esters (lactones) is 1. The van der Waals surface area contributed by atoms with Gasteiger partial charge in [0.2, 0.25) is 0 Å². The number of aliphatic hydroxyl groups excluding tert-OH is 1. The van der Waals surface area contributed by atoms with Gasteiger partial charge in [-0.15, -0.1) is 0 Å². The lowest BCUT2D eigenvalue weighted by molar-refractivity contribution is -0.135. The predicted octanol–water partition coefficient (Wildman–Crippen LogP) is 5.91. The Morgan fingerprint density at radius 3 is 2.29 bits per heavy atom. The standard InChI is InChI=1S/C23H41O7P/c1-18(2)15-21(24)13-11-9-7-5-4-6-8-10-12-14-28-31(26)29-17-20-16-27-23(25)22(20)19(3)30-31/h18,20-21,24H,4-17H2,1-3H3/t20-,21?,31-/m1/s1. The Balaban J connectivity index is 1.46. The second-order valence-electron chi connectivity index (χ2n) is 9.19. The van der Waals surface area contributed by atoms with Crippen LogP contribution in [0.15, 0.2) is 11.3 Å². The number of phosphoric ester groups is 1. The topological polar surface area (TPSA) is 91.3 Å². The van der Waals surface area contributed by atoms with Crippen molar-refractivity contribution in [3.8, 4) is 0 Å². The first-order valence-corrected chi connectivity index (χ1v) is 13.4. The van der Waals surface area contributed by atoms with Crippen LogP contribution in [0.3, 0.4) is 0 Å². The normalized spacial score (nSPS) is 24.7. The molecule has 2 aliphatic rings. The third kappa shape index (κ3) is 9.65. The number of allylic oxidation sites excluding steroid dienone is 1. The molecule has 1 unspecified atom stereocenters. The van der Waals surface area contributed by atoms with E-state index >= 15 is 0 Å². The minimum absolute atomic E-state index is 0.104. The van der Waals surface area contributed by atoms with E-state index < -0.39 is 13.8 Å². The second kappa shape index (κ2) is 13.6. The average Bonchev–Trinajstić information content (AvgIpc) is 3.01. The van der Waals surface area contributed by atoms with E-state index in [4.69, 9.17) is 18.3 Å². The predicted molar refractivity (Wildman–Crippen MR) is 119 cm³/mol. The minimum atomic E-state index is -3.67. The van der Waals surface area contributed by atoms with Crippen molar-refractivity contribution >= 4 is 13.8 Å². The number of rotatable bonds is 15. The molecule has 0 spiro atoms. The number of phosphoric acid groups is 1. The Morgan fingerprint density at radius 2 is 1.65 bits per heavy atom. The maximum Gasteiger partial charge on any atom is 0.529 e. The van der Waals surface area contributed by atoms with Crippen molar-refractivity contribution in [2.24, 2.45) is 11.8 Å². The first-order chi connectivity index (χ1) is 14.8. The number of unbranched alkanes of at least 4 members (excludes halogenated alkanes) is 8. The van der Waals surface area contributed by atoms with Gasteiger partial charge in [0.05, 0.1) is 30.8 Å². The third-order valence-corrected chi connectivity index (χ3v) is 7.24. The third-order valence-electron chi connectivity index (χ3n) is 5.78. The summed E-state index contributed by atoms with van der Waals surface area (Å²) in [5.41, 5.74) is 0.410. The SMILES string of the molecule is CC1=C2C(=O)OC[C@@H]2CO[P@@](=O)(OCCCCCCCCCCCC(O)CC(C)C)O1. The Bertz CT molecular complexity index is 631. The van der Waals surface area contributed by atoms with Crippen LogP contribution in [0.5, 0.6) is 0 Å². The highest BCUT2D eigenvalue weighted by molar-refractivity contribution is 7.48. The van der Waals surface area contributed by atoms with E-state index in [1.807, 2.05) is 0 Å². The van der Waals surface area contributed by atoms with Crippen molar-refractivity contribution in [1.29, 1.82) is 0 Å². The number of ether oxygens (including phenoxy) is 1. The molecule has 8 heteroatoms. The van der Waals surface area contributed by atoms with Crippen molar-refractivity contribution in [1.82, 2.24) is 0 Å². The fourth-order valence-corrected chi connectivity index (χ4v) is 5.44. The van der Waals surface area contributed by atoms with E-state index in [-0.39, 0.29) is 31.0 Å². The molecule has 0 aromatic rings. The van der Waals surface area contributed by atoms with Crippen LogP contribution in [0.1, 0.15) is 91.4 Å². The van der Waals surface area contributed by atoms with Crippen LogP contribution < -0.4 is 0 Å². The summed E-state index contributed by atoms with van der Waals surface area (Å²) in [4.78, 5) is 11.7. The van der Waals surface area contributed by atoms with Gasteiger partial charge in [0, 0.05) is 0 Å². The molecule has 31 heavy (non-hydrogen) atoms.